The Morgan fingerprint density at radius 3 is 2.75 bits per heavy atom. The molecule has 0 aromatic carbocycles. The highest BCUT2D eigenvalue weighted by atomic mass is 19.4. The second-order valence-electron chi connectivity index (χ2n) is 3.20. The topological polar surface area (TPSA) is 42.0 Å². The summed E-state index contributed by atoms with van der Waals surface area (Å²) in [6.07, 6.45) is -2.52. The van der Waals surface area contributed by atoms with E-state index in [1.54, 1.807) is 7.05 Å². The number of hydrogen-bond donors (Lipinski definition) is 1. The van der Waals surface area contributed by atoms with E-state index in [2.05, 4.69) is 10.3 Å². The summed E-state index contributed by atoms with van der Waals surface area (Å²) >= 11 is 0. The smallest absolute Gasteiger partial charge is 0.319 e. The van der Waals surface area contributed by atoms with Gasteiger partial charge in [-0.1, -0.05) is 0 Å². The number of ketones is 1. The van der Waals surface area contributed by atoms with Crippen molar-refractivity contribution in [3.05, 3.63) is 29.6 Å². The first-order valence-electron chi connectivity index (χ1n) is 4.66. The van der Waals surface area contributed by atoms with Crippen molar-refractivity contribution in [3.8, 4) is 0 Å². The number of alkyl halides is 3. The maximum atomic E-state index is 12.5. The van der Waals surface area contributed by atoms with Gasteiger partial charge in [0.05, 0.1) is 5.56 Å². The molecule has 0 bridgehead atoms. The number of rotatable bonds is 4. The Labute approximate surface area is 90.7 Å². The van der Waals surface area contributed by atoms with E-state index in [4.69, 9.17) is 0 Å². The van der Waals surface area contributed by atoms with Gasteiger partial charge in [0.25, 0.3) is 0 Å². The highest BCUT2D eigenvalue weighted by Gasteiger charge is 2.34. The van der Waals surface area contributed by atoms with Gasteiger partial charge in [-0.3, -0.25) is 9.78 Å². The molecule has 0 unspecified atom stereocenters. The molecular weight excluding hydrogens is 221 g/mol. The van der Waals surface area contributed by atoms with Crippen molar-refractivity contribution < 1.29 is 18.0 Å². The van der Waals surface area contributed by atoms with Gasteiger partial charge >= 0.3 is 6.18 Å². The molecular formula is C10H11F3N2O. The van der Waals surface area contributed by atoms with Gasteiger partial charge in [0.15, 0.2) is 5.78 Å². The minimum Gasteiger partial charge on any atom is -0.319 e. The van der Waals surface area contributed by atoms with Crippen molar-refractivity contribution in [1.82, 2.24) is 10.3 Å². The van der Waals surface area contributed by atoms with Crippen molar-refractivity contribution in [2.24, 2.45) is 0 Å². The van der Waals surface area contributed by atoms with Crippen LogP contribution in [0, 0.1) is 0 Å². The molecule has 1 heterocycles. The molecule has 1 aromatic rings. The number of nitrogens with one attached hydrogen (secondary N) is 1. The van der Waals surface area contributed by atoms with Crippen LogP contribution in [0.5, 0.6) is 0 Å². The van der Waals surface area contributed by atoms with E-state index >= 15 is 0 Å². The molecule has 0 aliphatic carbocycles. The molecule has 0 aliphatic heterocycles. The van der Waals surface area contributed by atoms with Crippen molar-refractivity contribution >= 4 is 5.78 Å². The number of Topliss-reactive ketones (excluding diaryl/α,β-unsaturated/α-hetero) is 1. The van der Waals surface area contributed by atoms with Gasteiger partial charge in [-0.05, 0) is 13.1 Å². The van der Waals surface area contributed by atoms with Crippen LogP contribution in [0.2, 0.25) is 0 Å². The normalized spacial score (nSPS) is 11.5. The molecule has 0 fully saturated rings. The standard InChI is InChI=1S/C10H11F3N2O/c1-14-4-3-9(16)7-6-15-5-2-8(7)10(11,12)13/h2,5-6,14H,3-4H2,1H3. The Hall–Kier alpha value is -1.43. The third-order valence-corrected chi connectivity index (χ3v) is 2.03. The summed E-state index contributed by atoms with van der Waals surface area (Å²) in [5, 5.41) is 2.70. The molecule has 88 valence electrons. The lowest BCUT2D eigenvalue weighted by Gasteiger charge is -2.10. The third-order valence-electron chi connectivity index (χ3n) is 2.03. The maximum absolute atomic E-state index is 12.5. The first kappa shape index (κ1) is 12.6. The van der Waals surface area contributed by atoms with Gasteiger partial charge in [-0.2, -0.15) is 13.2 Å². The van der Waals surface area contributed by atoms with Crippen molar-refractivity contribution in [2.45, 2.75) is 12.6 Å². The van der Waals surface area contributed by atoms with Crippen LogP contribution < -0.4 is 5.32 Å². The molecule has 1 aromatic heterocycles. The van der Waals surface area contributed by atoms with E-state index in [1.807, 2.05) is 0 Å². The Morgan fingerprint density at radius 1 is 1.50 bits per heavy atom. The predicted octanol–water partition coefficient (Wildman–Crippen LogP) is 1.89. The molecule has 0 saturated carbocycles. The van der Waals surface area contributed by atoms with Gasteiger partial charge < -0.3 is 5.32 Å². The van der Waals surface area contributed by atoms with Crippen LogP contribution in [-0.4, -0.2) is 24.4 Å². The molecule has 16 heavy (non-hydrogen) atoms. The second-order valence-corrected chi connectivity index (χ2v) is 3.20. The summed E-state index contributed by atoms with van der Waals surface area (Å²) in [5.74, 6) is -0.560. The number of pyridine rings is 1. The lowest BCUT2D eigenvalue weighted by atomic mass is 10.0. The maximum Gasteiger partial charge on any atom is 0.417 e. The molecule has 0 spiro atoms. The largest absolute Gasteiger partial charge is 0.417 e. The van der Waals surface area contributed by atoms with Gasteiger partial charge in [-0.15, -0.1) is 0 Å². The van der Waals surface area contributed by atoms with Crippen molar-refractivity contribution in [2.75, 3.05) is 13.6 Å². The number of hydrogen-bond acceptors (Lipinski definition) is 3. The van der Waals surface area contributed by atoms with Crippen LogP contribution in [-0.2, 0) is 6.18 Å². The van der Waals surface area contributed by atoms with Crippen LogP contribution in [0.25, 0.3) is 0 Å². The van der Waals surface area contributed by atoms with Crippen molar-refractivity contribution in [3.63, 3.8) is 0 Å². The van der Waals surface area contributed by atoms with Gasteiger partial charge in [-0.25, -0.2) is 0 Å². The van der Waals surface area contributed by atoms with E-state index in [0.29, 0.717) is 6.54 Å². The predicted molar refractivity (Wildman–Crippen MR) is 52.1 cm³/mol. The quantitative estimate of drug-likeness (QED) is 0.806. The van der Waals surface area contributed by atoms with Crippen molar-refractivity contribution in [1.29, 1.82) is 0 Å². The Morgan fingerprint density at radius 2 is 2.19 bits per heavy atom. The van der Waals surface area contributed by atoms with Crippen LogP contribution in [0.4, 0.5) is 13.2 Å². The minimum atomic E-state index is -4.52. The Bertz CT molecular complexity index is 377. The summed E-state index contributed by atoms with van der Waals surface area (Å²) in [5.41, 5.74) is -1.30. The van der Waals surface area contributed by atoms with E-state index in [1.165, 1.54) is 0 Å². The fourth-order valence-corrected chi connectivity index (χ4v) is 1.24. The SMILES string of the molecule is CNCCC(=O)c1cnccc1C(F)(F)F. The summed E-state index contributed by atoms with van der Waals surface area (Å²) in [6.45, 7) is 0.338. The lowest BCUT2D eigenvalue weighted by molar-refractivity contribution is -0.138. The number of nitrogens with zero attached hydrogens (tertiary/aromatic N) is 1. The van der Waals surface area contributed by atoms with Gasteiger partial charge in [0.1, 0.15) is 0 Å². The molecule has 0 saturated heterocycles. The summed E-state index contributed by atoms with van der Waals surface area (Å²) in [7, 11) is 1.63. The molecule has 1 rings (SSSR count). The zero-order valence-electron chi connectivity index (χ0n) is 8.64. The highest BCUT2D eigenvalue weighted by Crippen LogP contribution is 2.31. The summed E-state index contributed by atoms with van der Waals surface area (Å²) in [4.78, 5) is 15.0. The Balaban J connectivity index is 3.00. The molecule has 0 radical (unpaired) electrons. The average molecular weight is 232 g/mol. The van der Waals surface area contributed by atoms with Crippen LogP contribution in [0.3, 0.4) is 0 Å². The Kier molecular flexibility index (Phi) is 4.00. The first-order valence-corrected chi connectivity index (χ1v) is 4.66. The highest BCUT2D eigenvalue weighted by molar-refractivity contribution is 5.97. The van der Waals surface area contributed by atoms with E-state index in [0.717, 1.165) is 18.5 Å². The van der Waals surface area contributed by atoms with E-state index < -0.39 is 17.5 Å². The zero-order chi connectivity index (χ0) is 12.2. The molecule has 3 nitrogen and oxygen atoms in total. The van der Waals surface area contributed by atoms with Crippen LogP contribution >= 0.6 is 0 Å². The molecule has 0 amide bonds. The zero-order valence-corrected chi connectivity index (χ0v) is 8.64. The number of halogens is 3. The fraction of sp³-hybridized carbons (Fsp3) is 0.400. The van der Waals surface area contributed by atoms with Gasteiger partial charge in [0.2, 0.25) is 0 Å². The fourth-order valence-electron chi connectivity index (χ4n) is 1.24. The van der Waals surface area contributed by atoms with Crippen LogP contribution in [0.15, 0.2) is 18.5 Å². The third kappa shape index (κ3) is 3.03. The molecule has 0 aliphatic rings. The molecule has 6 heteroatoms. The first-order chi connectivity index (χ1) is 7.46. The monoisotopic (exact) mass is 232 g/mol. The number of aromatic nitrogens is 1. The number of carbonyl (C=O) groups is 1. The molecule has 1 N–H and O–H groups in total. The number of carbonyl (C=O) groups excluding carboxylic acids is 1. The van der Waals surface area contributed by atoms with Crippen LogP contribution in [0.1, 0.15) is 22.3 Å². The minimum absolute atomic E-state index is 0.0191. The van der Waals surface area contributed by atoms with E-state index in [9.17, 15) is 18.0 Å². The summed E-state index contributed by atoms with van der Waals surface area (Å²) < 4.78 is 37.6. The van der Waals surface area contributed by atoms with E-state index in [-0.39, 0.29) is 12.0 Å². The summed E-state index contributed by atoms with van der Waals surface area (Å²) in [6, 6.07) is 0.812. The average Bonchev–Trinajstić information content (AvgIpc) is 2.24. The van der Waals surface area contributed by atoms with Gasteiger partial charge in [0, 0.05) is 30.9 Å². The molecule has 0 atom stereocenters. The second kappa shape index (κ2) is 5.07. The lowest BCUT2D eigenvalue weighted by Crippen LogP contribution is -2.17.